The molecule has 30 heavy (non-hydrogen) atoms. The van der Waals surface area contributed by atoms with E-state index < -0.39 is 0 Å². The van der Waals surface area contributed by atoms with Crippen LogP contribution in [-0.4, -0.2) is 29.5 Å². The molecule has 0 spiro atoms. The van der Waals surface area contributed by atoms with Crippen molar-refractivity contribution in [3.63, 3.8) is 0 Å². The molecule has 3 fully saturated rings. The summed E-state index contributed by atoms with van der Waals surface area (Å²) in [5, 5.41) is 24.4. The number of hydrogen-bond acceptors (Lipinski definition) is 3. The van der Waals surface area contributed by atoms with Crippen LogP contribution in [0.2, 0.25) is 0 Å². The highest BCUT2D eigenvalue weighted by molar-refractivity contribution is 5.43. The molecular formula is C26H38FNO2. The van der Waals surface area contributed by atoms with Crippen LogP contribution in [0.1, 0.15) is 58.8 Å². The number of halogens is 1. The summed E-state index contributed by atoms with van der Waals surface area (Å²) in [6, 6.07) is 6.61. The highest BCUT2D eigenvalue weighted by atomic mass is 19.1. The highest BCUT2D eigenvalue weighted by Crippen LogP contribution is 2.63. The Balaban J connectivity index is 1.57. The second-order valence-corrected chi connectivity index (χ2v) is 10.7. The molecule has 0 amide bonds. The lowest BCUT2D eigenvalue weighted by Crippen LogP contribution is -2.52. The Morgan fingerprint density at radius 2 is 1.97 bits per heavy atom. The molecule has 3 aliphatic rings. The monoisotopic (exact) mass is 415 g/mol. The van der Waals surface area contributed by atoms with E-state index in [1.165, 1.54) is 17.7 Å². The minimum atomic E-state index is -0.273. The number of benzene rings is 1. The predicted molar refractivity (Wildman–Crippen MR) is 120 cm³/mol. The first kappa shape index (κ1) is 21.8. The molecule has 0 bridgehead atoms. The summed E-state index contributed by atoms with van der Waals surface area (Å²) in [4.78, 5) is 0. The Hall–Kier alpha value is -1.39. The Morgan fingerprint density at radius 3 is 2.70 bits per heavy atom. The van der Waals surface area contributed by atoms with Gasteiger partial charge in [0, 0.05) is 18.8 Å². The lowest BCUT2D eigenvalue weighted by Gasteiger charge is -2.56. The maximum atomic E-state index is 13.6. The molecule has 4 heteroatoms. The maximum Gasteiger partial charge on any atom is 0.125 e. The number of fused-ring (bicyclic) bond motifs is 1. The van der Waals surface area contributed by atoms with Gasteiger partial charge in [-0.05, 0) is 97.6 Å². The molecule has 1 aromatic carbocycles. The average Bonchev–Trinajstić information content (AvgIpc) is 3.03. The van der Waals surface area contributed by atoms with Crippen molar-refractivity contribution >= 4 is 5.69 Å². The van der Waals surface area contributed by atoms with E-state index in [9.17, 15) is 14.6 Å². The van der Waals surface area contributed by atoms with Gasteiger partial charge in [0.15, 0.2) is 0 Å². The molecule has 166 valence electrons. The van der Waals surface area contributed by atoms with Crippen LogP contribution in [0.25, 0.3) is 0 Å². The number of nitrogens with one attached hydrogen (secondary N) is 1. The number of anilines is 1. The Labute approximate surface area is 180 Å². The summed E-state index contributed by atoms with van der Waals surface area (Å²) in [6.45, 7) is 10.1. The van der Waals surface area contributed by atoms with Gasteiger partial charge < -0.3 is 15.5 Å². The van der Waals surface area contributed by atoms with E-state index in [0.717, 1.165) is 57.2 Å². The average molecular weight is 416 g/mol. The molecule has 0 heterocycles. The number of allylic oxidation sites excluding steroid dienone is 1. The number of aliphatic hydroxyl groups is 2. The molecular weight excluding hydrogens is 377 g/mol. The molecule has 3 N–H and O–H groups in total. The quantitative estimate of drug-likeness (QED) is 0.565. The van der Waals surface area contributed by atoms with Crippen molar-refractivity contribution in [2.24, 2.45) is 34.5 Å². The van der Waals surface area contributed by atoms with Crippen LogP contribution in [0.5, 0.6) is 0 Å². The van der Waals surface area contributed by atoms with E-state index in [2.05, 4.69) is 25.7 Å². The van der Waals surface area contributed by atoms with Crippen LogP contribution in [0.3, 0.4) is 0 Å². The van der Waals surface area contributed by atoms with Crippen molar-refractivity contribution < 1.29 is 14.6 Å². The predicted octanol–water partition coefficient (Wildman–Crippen LogP) is 5.40. The van der Waals surface area contributed by atoms with E-state index in [1.807, 2.05) is 6.07 Å². The van der Waals surface area contributed by atoms with Crippen molar-refractivity contribution in [3.05, 3.63) is 42.2 Å². The van der Waals surface area contributed by atoms with Crippen molar-refractivity contribution in [1.29, 1.82) is 0 Å². The third-order valence-corrected chi connectivity index (χ3v) is 9.33. The van der Waals surface area contributed by atoms with Gasteiger partial charge in [-0.15, -0.1) is 0 Å². The van der Waals surface area contributed by atoms with Gasteiger partial charge in [0.25, 0.3) is 0 Å². The fraction of sp³-hybridized carbons (Fsp3) is 0.692. The summed E-state index contributed by atoms with van der Waals surface area (Å²) in [5.74, 6) is 1.30. The van der Waals surface area contributed by atoms with Gasteiger partial charge in [-0.3, -0.25) is 0 Å². The lowest BCUT2D eigenvalue weighted by atomic mass is 9.49. The van der Waals surface area contributed by atoms with Crippen molar-refractivity contribution in [1.82, 2.24) is 0 Å². The van der Waals surface area contributed by atoms with E-state index in [1.54, 1.807) is 6.07 Å². The summed E-state index contributed by atoms with van der Waals surface area (Å²) in [7, 11) is 0. The van der Waals surface area contributed by atoms with E-state index in [0.29, 0.717) is 17.8 Å². The van der Waals surface area contributed by atoms with Crippen LogP contribution in [0, 0.1) is 40.3 Å². The summed E-state index contributed by atoms with van der Waals surface area (Å²) in [5.41, 5.74) is 2.39. The van der Waals surface area contributed by atoms with Crippen molar-refractivity contribution in [2.45, 2.75) is 64.9 Å². The molecule has 0 radical (unpaired) electrons. The Bertz CT molecular complexity index is 782. The van der Waals surface area contributed by atoms with E-state index in [4.69, 9.17) is 0 Å². The number of hydrogen-bond donors (Lipinski definition) is 3. The van der Waals surface area contributed by atoms with Crippen LogP contribution < -0.4 is 5.32 Å². The molecule has 0 aliphatic heterocycles. The van der Waals surface area contributed by atoms with Crippen LogP contribution >= 0.6 is 0 Å². The minimum Gasteiger partial charge on any atom is -0.396 e. The van der Waals surface area contributed by atoms with Gasteiger partial charge in [0.2, 0.25) is 0 Å². The van der Waals surface area contributed by atoms with Gasteiger partial charge in [0.1, 0.15) is 5.82 Å². The Kier molecular flexibility index (Phi) is 6.02. The van der Waals surface area contributed by atoms with Gasteiger partial charge in [-0.25, -0.2) is 4.39 Å². The molecule has 3 saturated carbocycles. The molecule has 3 nitrogen and oxygen atoms in total. The van der Waals surface area contributed by atoms with Crippen LogP contribution in [0.4, 0.5) is 10.1 Å². The van der Waals surface area contributed by atoms with Gasteiger partial charge in [-0.1, -0.05) is 32.1 Å². The lowest BCUT2D eigenvalue weighted by molar-refractivity contribution is -0.0904. The zero-order chi connectivity index (χ0) is 21.5. The largest absolute Gasteiger partial charge is 0.396 e. The first-order valence-corrected chi connectivity index (χ1v) is 11.7. The highest BCUT2D eigenvalue weighted by Gasteiger charge is 2.56. The second-order valence-electron chi connectivity index (χ2n) is 10.7. The normalized spacial score (nSPS) is 41.5. The first-order chi connectivity index (χ1) is 14.3. The molecule has 7 atom stereocenters. The van der Waals surface area contributed by atoms with E-state index in [-0.39, 0.29) is 35.3 Å². The fourth-order valence-corrected chi connectivity index (χ4v) is 7.31. The van der Waals surface area contributed by atoms with Crippen LogP contribution in [0.15, 0.2) is 36.4 Å². The zero-order valence-corrected chi connectivity index (χ0v) is 18.5. The molecule has 0 aromatic heterocycles. The SMILES string of the molecule is C=C1CCC2[C@@H](CO)C([C@@]3(C)CC[C@H](O)C[C@@H]3CNc3cccc(F)c3)CC[C@@]12C. The third-order valence-electron chi connectivity index (χ3n) is 9.33. The second kappa shape index (κ2) is 8.27. The molecule has 1 aromatic rings. The van der Waals surface area contributed by atoms with Crippen molar-refractivity contribution in [2.75, 3.05) is 18.5 Å². The van der Waals surface area contributed by atoms with E-state index >= 15 is 0 Å². The molecule has 2 unspecified atom stereocenters. The topological polar surface area (TPSA) is 52.5 Å². The van der Waals surface area contributed by atoms with Gasteiger partial charge >= 0.3 is 0 Å². The smallest absolute Gasteiger partial charge is 0.125 e. The zero-order valence-electron chi connectivity index (χ0n) is 18.5. The number of aliphatic hydroxyl groups excluding tert-OH is 2. The minimum absolute atomic E-state index is 0.0538. The van der Waals surface area contributed by atoms with Crippen LogP contribution in [-0.2, 0) is 0 Å². The maximum absolute atomic E-state index is 13.6. The number of rotatable bonds is 5. The molecule has 4 rings (SSSR count). The Morgan fingerprint density at radius 1 is 1.17 bits per heavy atom. The first-order valence-electron chi connectivity index (χ1n) is 11.7. The third kappa shape index (κ3) is 3.71. The fourth-order valence-electron chi connectivity index (χ4n) is 7.31. The summed E-state index contributed by atoms with van der Waals surface area (Å²) < 4.78 is 13.6. The van der Waals surface area contributed by atoms with Crippen molar-refractivity contribution in [3.8, 4) is 0 Å². The summed E-state index contributed by atoms with van der Waals surface area (Å²) in [6.07, 6.45) is 6.80. The summed E-state index contributed by atoms with van der Waals surface area (Å²) >= 11 is 0. The van der Waals surface area contributed by atoms with Gasteiger partial charge in [-0.2, -0.15) is 0 Å². The molecule has 3 aliphatic carbocycles. The molecule has 0 saturated heterocycles. The van der Waals surface area contributed by atoms with Gasteiger partial charge in [0.05, 0.1) is 6.10 Å². The standard InChI is InChI=1S/C26H38FNO2/c1-17-7-8-23-22(16-29)24(10-12-25(17,23)2)26(3)11-9-21(30)13-18(26)15-28-20-6-4-5-19(27)14-20/h4-6,14,18,21-24,28-30H,1,7-13,15-16H2,2-3H3/t18-,21+,22-,23?,24?,25+,26+/m1/s1.